The lowest BCUT2D eigenvalue weighted by molar-refractivity contribution is -0.113. The molecule has 0 radical (unpaired) electrons. The standard InChI is InChI=1S/C16H12ClN3OS2/c17-12-3-1-11(2-4-12)14-9-22-16(20-14)23-10-15(21)19-13-5-7-18-8-6-13/h1-9H,10H2,(H,18,19,21). The molecule has 0 aliphatic rings. The number of hydrogen-bond acceptors (Lipinski definition) is 5. The van der Waals surface area contributed by atoms with E-state index in [1.165, 1.54) is 23.1 Å². The first kappa shape index (κ1) is 16.0. The van der Waals surface area contributed by atoms with Crippen molar-refractivity contribution in [1.29, 1.82) is 0 Å². The molecule has 3 aromatic rings. The number of nitrogens with one attached hydrogen (secondary N) is 1. The Labute approximate surface area is 146 Å². The molecule has 23 heavy (non-hydrogen) atoms. The number of hydrogen-bond donors (Lipinski definition) is 1. The van der Waals surface area contributed by atoms with Crippen LogP contribution in [-0.2, 0) is 4.79 Å². The summed E-state index contributed by atoms with van der Waals surface area (Å²) in [6, 6.07) is 11.1. The second-order valence-corrected chi connectivity index (χ2v) is 7.10. The first-order valence-corrected chi connectivity index (χ1v) is 8.99. The third kappa shape index (κ3) is 4.54. The number of aromatic nitrogens is 2. The van der Waals surface area contributed by atoms with E-state index in [0.29, 0.717) is 10.8 Å². The monoisotopic (exact) mass is 361 g/mol. The minimum atomic E-state index is -0.0653. The van der Waals surface area contributed by atoms with E-state index in [1.807, 2.05) is 29.6 Å². The van der Waals surface area contributed by atoms with E-state index in [1.54, 1.807) is 24.5 Å². The topological polar surface area (TPSA) is 54.9 Å². The Morgan fingerprint density at radius 3 is 2.65 bits per heavy atom. The smallest absolute Gasteiger partial charge is 0.234 e. The van der Waals surface area contributed by atoms with Gasteiger partial charge in [-0.25, -0.2) is 4.98 Å². The fraction of sp³-hybridized carbons (Fsp3) is 0.0625. The Morgan fingerprint density at radius 2 is 1.91 bits per heavy atom. The number of carbonyl (C=O) groups is 1. The Kier molecular flexibility index (Phi) is 5.27. The summed E-state index contributed by atoms with van der Waals surface area (Å²) in [6.07, 6.45) is 3.28. The number of halogens is 1. The Bertz CT molecular complexity index is 791. The molecule has 0 unspecified atom stereocenters. The van der Waals surface area contributed by atoms with Crippen molar-refractivity contribution in [2.45, 2.75) is 4.34 Å². The number of thioether (sulfide) groups is 1. The first-order valence-electron chi connectivity index (χ1n) is 6.75. The van der Waals surface area contributed by atoms with Crippen LogP contribution in [0.4, 0.5) is 5.69 Å². The molecular formula is C16H12ClN3OS2. The van der Waals surface area contributed by atoms with Gasteiger partial charge in [0.25, 0.3) is 0 Å². The van der Waals surface area contributed by atoms with Crippen LogP contribution >= 0.6 is 34.7 Å². The van der Waals surface area contributed by atoms with Crippen LogP contribution in [0.15, 0.2) is 58.5 Å². The molecular weight excluding hydrogens is 350 g/mol. The van der Waals surface area contributed by atoms with Crippen molar-refractivity contribution in [1.82, 2.24) is 9.97 Å². The van der Waals surface area contributed by atoms with Crippen molar-refractivity contribution in [2.75, 3.05) is 11.1 Å². The average Bonchev–Trinajstić information content (AvgIpc) is 3.04. The van der Waals surface area contributed by atoms with Gasteiger partial charge in [0, 0.05) is 34.0 Å². The number of anilines is 1. The summed E-state index contributed by atoms with van der Waals surface area (Å²) in [7, 11) is 0. The number of thiazole rings is 1. The van der Waals surface area contributed by atoms with Crippen molar-refractivity contribution < 1.29 is 4.79 Å². The minimum Gasteiger partial charge on any atom is -0.325 e. The molecule has 0 bridgehead atoms. The van der Waals surface area contributed by atoms with Crippen LogP contribution in [0.5, 0.6) is 0 Å². The van der Waals surface area contributed by atoms with Crippen LogP contribution in [-0.4, -0.2) is 21.6 Å². The van der Waals surface area contributed by atoms with Gasteiger partial charge in [-0.1, -0.05) is 35.5 Å². The molecule has 1 aromatic carbocycles. The molecule has 0 aliphatic carbocycles. The third-order valence-corrected chi connectivity index (χ3v) is 5.19. The summed E-state index contributed by atoms with van der Waals surface area (Å²) < 4.78 is 0.861. The van der Waals surface area contributed by atoms with Gasteiger partial charge in [-0.15, -0.1) is 11.3 Å². The predicted octanol–water partition coefficient (Wildman–Crippen LogP) is 4.59. The third-order valence-electron chi connectivity index (χ3n) is 2.91. The average molecular weight is 362 g/mol. The predicted molar refractivity (Wildman–Crippen MR) is 96.2 cm³/mol. The van der Waals surface area contributed by atoms with Crippen molar-refractivity contribution in [2.24, 2.45) is 0 Å². The molecule has 7 heteroatoms. The molecule has 2 heterocycles. The van der Waals surface area contributed by atoms with Crippen molar-refractivity contribution >= 4 is 46.3 Å². The van der Waals surface area contributed by atoms with Crippen LogP contribution in [0.25, 0.3) is 11.3 Å². The van der Waals surface area contributed by atoms with Gasteiger partial charge in [0.2, 0.25) is 5.91 Å². The van der Waals surface area contributed by atoms with E-state index in [4.69, 9.17) is 11.6 Å². The number of carbonyl (C=O) groups excluding carboxylic acids is 1. The van der Waals surface area contributed by atoms with E-state index in [0.717, 1.165) is 21.3 Å². The minimum absolute atomic E-state index is 0.0653. The fourth-order valence-corrected chi connectivity index (χ4v) is 3.60. The Hall–Kier alpha value is -1.89. The van der Waals surface area contributed by atoms with Gasteiger partial charge in [-0.3, -0.25) is 9.78 Å². The van der Waals surface area contributed by atoms with Gasteiger partial charge in [0.1, 0.15) is 0 Å². The number of rotatable bonds is 5. The second-order valence-electron chi connectivity index (χ2n) is 4.58. The first-order chi connectivity index (χ1) is 11.2. The van der Waals surface area contributed by atoms with E-state index in [2.05, 4.69) is 15.3 Å². The van der Waals surface area contributed by atoms with Crippen LogP contribution in [0.1, 0.15) is 0 Å². The highest BCUT2D eigenvalue weighted by Crippen LogP contribution is 2.28. The normalized spacial score (nSPS) is 10.5. The molecule has 0 atom stereocenters. The number of pyridine rings is 1. The zero-order chi connectivity index (χ0) is 16.1. The number of amides is 1. The van der Waals surface area contributed by atoms with Gasteiger partial charge in [-0.2, -0.15) is 0 Å². The zero-order valence-corrected chi connectivity index (χ0v) is 14.3. The highest BCUT2D eigenvalue weighted by molar-refractivity contribution is 8.01. The summed E-state index contributed by atoms with van der Waals surface area (Å²) in [4.78, 5) is 20.4. The molecule has 3 rings (SSSR count). The summed E-state index contributed by atoms with van der Waals surface area (Å²) in [6.45, 7) is 0. The molecule has 0 spiro atoms. The molecule has 0 saturated carbocycles. The van der Waals surface area contributed by atoms with Crippen LogP contribution in [0.2, 0.25) is 5.02 Å². The van der Waals surface area contributed by atoms with Gasteiger partial charge >= 0.3 is 0 Å². The van der Waals surface area contributed by atoms with Crippen molar-refractivity contribution in [3.63, 3.8) is 0 Å². The molecule has 1 amide bonds. The number of nitrogens with zero attached hydrogens (tertiary/aromatic N) is 2. The molecule has 0 saturated heterocycles. The lowest BCUT2D eigenvalue weighted by atomic mass is 10.2. The van der Waals surface area contributed by atoms with E-state index in [-0.39, 0.29) is 5.91 Å². The van der Waals surface area contributed by atoms with Gasteiger partial charge in [0.15, 0.2) is 4.34 Å². The van der Waals surface area contributed by atoms with Crippen LogP contribution in [0, 0.1) is 0 Å². The lowest BCUT2D eigenvalue weighted by Gasteiger charge is -2.03. The van der Waals surface area contributed by atoms with Crippen LogP contribution in [0.3, 0.4) is 0 Å². The van der Waals surface area contributed by atoms with Gasteiger partial charge in [0.05, 0.1) is 11.4 Å². The van der Waals surface area contributed by atoms with Crippen molar-refractivity contribution in [3.8, 4) is 11.3 Å². The van der Waals surface area contributed by atoms with Gasteiger partial charge < -0.3 is 5.32 Å². The Morgan fingerprint density at radius 1 is 1.17 bits per heavy atom. The van der Waals surface area contributed by atoms with E-state index in [9.17, 15) is 4.79 Å². The molecule has 0 aliphatic heterocycles. The summed E-state index contributed by atoms with van der Waals surface area (Å²) in [5.41, 5.74) is 2.65. The molecule has 116 valence electrons. The van der Waals surface area contributed by atoms with Gasteiger partial charge in [-0.05, 0) is 24.3 Å². The van der Waals surface area contributed by atoms with E-state index < -0.39 is 0 Å². The highest BCUT2D eigenvalue weighted by atomic mass is 35.5. The maximum absolute atomic E-state index is 11.9. The maximum atomic E-state index is 11.9. The fourth-order valence-electron chi connectivity index (χ4n) is 1.84. The lowest BCUT2D eigenvalue weighted by Crippen LogP contribution is -2.13. The largest absolute Gasteiger partial charge is 0.325 e. The SMILES string of the molecule is O=C(CSc1nc(-c2ccc(Cl)cc2)cs1)Nc1ccncc1. The van der Waals surface area contributed by atoms with Crippen LogP contribution < -0.4 is 5.32 Å². The summed E-state index contributed by atoms with van der Waals surface area (Å²) >= 11 is 8.83. The molecule has 4 nitrogen and oxygen atoms in total. The second kappa shape index (κ2) is 7.59. The number of benzene rings is 1. The Balaban J connectivity index is 1.57. The molecule has 2 aromatic heterocycles. The van der Waals surface area contributed by atoms with E-state index >= 15 is 0 Å². The summed E-state index contributed by atoms with van der Waals surface area (Å²) in [5.74, 6) is 0.250. The highest BCUT2D eigenvalue weighted by Gasteiger charge is 2.08. The summed E-state index contributed by atoms with van der Waals surface area (Å²) in [5, 5.41) is 5.50. The maximum Gasteiger partial charge on any atom is 0.234 e. The zero-order valence-electron chi connectivity index (χ0n) is 11.9. The van der Waals surface area contributed by atoms with Crippen molar-refractivity contribution in [3.05, 3.63) is 59.2 Å². The quantitative estimate of drug-likeness (QED) is 0.675. The molecule has 0 fully saturated rings. The molecule has 1 N–H and O–H groups in total.